The van der Waals surface area contributed by atoms with Gasteiger partial charge in [0.05, 0.1) is 20.1 Å². The van der Waals surface area contributed by atoms with Crippen LogP contribution in [0.4, 0.5) is 0 Å². The van der Waals surface area contributed by atoms with Crippen molar-refractivity contribution in [2.24, 2.45) is 11.8 Å². The van der Waals surface area contributed by atoms with Crippen molar-refractivity contribution in [1.29, 1.82) is 0 Å². The van der Waals surface area contributed by atoms with Gasteiger partial charge in [0.1, 0.15) is 23.7 Å². The number of rotatable bonds is 11. The highest BCUT2D eigenvalue weighted by atomic mass is 16.6. The maximum absolute atomic E-state index is 12.8. The van der Waals surface area contributed by atoms with Crippen LogP contribution in [0, 0.1) is 11.8 Å². The van der Waals surface area contributed by atoms with Crippen molar-refractivity contribution in [3.63, 3.8) is 0 Å². The molecule has 8 heteroatoms. The highest BCUT2D eigenvalue weighted by Crippen LogP contribution is 2.34. The summed E-state index contributed by atoms with van der Waals surface area (Å²) in [5.41, 5.74) is -0.128. The van der Waals surface area contributed by atoms with Crippen LogP contribution in [0.3, 0.4) is 0 Å². The van der Waals surface area contributed by atoms with Gasteiger partial charge in [-0.15, -0.1) is 0 Å². The molecule has 34 heavy (non-hydrogen) atoms. The van der Waals surface area contributed by atoms with Crippen molar-refractivity contribution in [2.45, 2.75) is 58.2 Å². The Morgan fingerprint density at radius 2 is 1.79 bits per heavy atom. The van der Waals surface area contributed by atoms with Gasteiger partial charge in [-0.2, -0.15) is 0 Å². The topological polar surface area (TPSA) is 104 Å². The average molecular weight is 472 g/mol. The van der Waals surface area contributed by atoms with E-state index >= 15 is 0 Å². The number of aromatic hydroxyl groups is 1. The predicted molar refractivity (Wildman–Crippen MR) is 125 cm³/mol. The number of nitrogens with zero attached hydrogens (tertiary/aromatic N) is 1. The summed E-state index contributed by atoms with van der Waals surface area (Å²) in [6, 6.07) is 8.82. The minimum atomic E-state index is -0.719. The minimum absolute atomic E-state index is 0.128. The van der Waals surface area contributed by atoms with Gasteiger partial charge in [-0.1, -0.05) is 25.8 Å². The van der Waals surface area contributed by atoms with Crippen LogP contribution >= 0.6 is 0 Å². The van der Waals surface area contributed by atoms with Crippen molar-refractivity contribution in [1.82, 2.24) is 4.98 Å². The van der Waals surface area contributed by atoms with E-state index in [0.29, 0.717) is 11.5 Å². The Bertz CT molecular complexity index is 987. The van der Waals surface area contributed by atoms with Gasteiger partial charge in [0.2, 0.25) is 0 Å². The van der Waals surface area contributed by atoms with Gasteiger partial charge >= 0.3 is 5.97 Å². The molecule has 0 unspecified atom stereocenters. The Morgan fingerprint density at radius 1 is 1.09 bits per heavy atom. The van der Waals surface area contributed by atoms with E-state index in [2.05, 4.69) is 4.98 Å². The Hall–Kier alpha value is -3.29. The molecule has 0 radical (unpaired) electrons. The number of aromatic nitrogens is 1. The first-order chi connectivity index (χ1) is 16.3. The van der Waals surface area contributed by atoms with Gasteiger partial charge in [0.15, 0.2) is 23.0 Å². The first-order valence-corrected chi connectivity index (χ1v) is 11.6. The molecule has 1 aliphatic carbocycles. The van der Waals surface area contributed by atoms with Crippen LogP contribution in [0.25, 0.3) is 0 Å². The van der Waals surface area contributed by atoms with Crippen molar-refractivity contribution in [2.75, 3.05) is 14.2 Å². The maximum Gasteiger partial charge on any atom is 0.309 e. The maximum atomic E-state index is 12.8. The molecule has 2 aromatic rings. The van der Waals surface area contributed by atoms with E-state index in [1.54, 1.807) is 14.0 Å². The standard InChI is InChI=1S/C26H33NO7/c1-16(14-21(28)23-24(29)22(32-4)12-13-27-23)26(30)33-17(2)25(18-8-5-6-9-18)34-20-11-7-10-19(15-20)31-3/h7,10-13,15-18,25,29H,5-6,8-9,14H2,1-4H3/t16-,17+,25+/m1/s1. The van der Waals surface area contributed by atoms with Gasteiger partial charge in [0, 0.05) is 24.8 Å². The highest BCUT2D eigenvalue weighted by Gasteiger charge is 2.34. The fourth-order valence-corrected chi connectivity index (χ4v) is 4.32. The molecule has 1 saturated carbocycles. The molecule has 1 heterocycles. The first-order valence-electron chi connectivity index (χ1n) is 11.6. The predicted octanol–water partition coefficient (Wildman–Crippen LogP) is 4.58. The average Bonchev–Trinajstić information content (AvgIpc) is 3.37. The van der Waals surface area contributed by atoms with E-state index < -0.39 is 23.8 Å². The fraction of sp³-hybridized carbons (Fsp3) is 0.500. The van der Waals surface area contributed by atoms with Crippen molar-refractivity contribution < 1.29 is 33.6 Å². The smallest absolute Gasteiger partial charge is 0.309 e. The number of carbonyl (C=O) groups is 2. The first kappa shape index (κ1) is 25.3. The molecule has 1 aliphatic rings. The molecular formula is C26H33NO7. The lowest BCUT2D eigenvalue weighted by atomic mass is 9.96. The zero-order valence-corrected chi connectivity index (χ0v) is 20.2. The number of carbonyl (C=O) groups excluding carboxylic acids is 2. The number of ketones is 1. The lowest BCUT2D eigenvalue weighted by molar-refractivity contribution is -0.158. The van der Waals surface area contributed by atoms with E-state index in [0.717, 1.165) is 25.7 Å². The van der Waals surface area contributed by atoms with Crippen LogP contribution in [0.1, 0.15) is 56.4 Å². The molecule has 1 fully saturated rings. The van der Waals surface area contributed by atoms with Gasteiger partial charge in [0.25, 0.3) is 0 Å². The molecule has 184 valence electrons. The molecule has 0 aliphatic heterocycles. The van der Waals surface area contributed by atoms with Crippen LogP contribution in [0.15, 0.2) is 36.5 Å². The van der Waals surface area contributed by atoms with Gasteiger partial charge in [-0.3, -0.25) is 9.59 Å². The summed E-state index contributed by atoms with van der Waals surface area (Å²) in [6.07, 6.45) is 4.64. The number of methoxy groups -OCH3 is 2. The number of Topliss-reactive ketones (excluding diaryl/α,β-unsaturated/α-hetero) is 1. The zero-order valence-electron chi connectivity index (χ0n) is 20.2. The van der Waals surface area contributed by atoms with E-state index in [1.165, 1.54) is 19.4 Å². The summed E-state index contributed by atoms with van der Waals surface area (Å²) in [5, 5.41) is 10.2. The number of pyridine rings is 1. The zero-order chi connectivity index (χ0) is 24.7. The summed E-state index contributed by atoms with van der Waals surface area (Å²) in [4.78, 5) is 29.4. The molecule has 3 atom stereocenters. The van der Waals surface area contributed by atoms with Crippen LogP contribution in [-0.2, 0) is 9.53 Å². The molecule has 1 aromatic carbocycles. The molecule has 8 nitrogen and oxygen atoms in total. The third-order valence-corrected chi connectivity index (χ3v) is 6.21. The summed E-state index contributed by atoms with van der Waals surface area (Å²) in [7, 11) is 2.99. The summed E-state index contributed by atoms with van der Waals surface area (Å²) in [5.74, 6) is -0.259. The normalized spacial score (nSPS) is 16.4. The number of hydrogen-bond donors (Lipinski definition) is 1. The van der Waals surface area contributed by atoms with Gasteiger partial charge < -0.3 is 24.1 Å². The Labute approximate surface area is 200 Å². The van der Waals surface area contributed by atoms with Crippen molar-refractivity contribution >= 4 is 11.8 Å². The molecule has 1 aromatic heterocycles. The van der Waals surface area contributed by atoms with E-state index in [4.69, 9.17) is 18.9 Å². The molecule has 0 saturated heterocycles. The Kier molecular flexibility index (Phi) is 8.73. The van der Waals surface area contributed by atoms with E-state index in [-0.39, 0.29) is 35.6 Å². The van der Waals surface area contributed by atoms with Crippen LogP contribution in [0.2, 0.25) is 0 Å². The summed E-state index contributed by atoms with van der Waals surface area (Å²) >= 11 is 0. The van der Waals surface area contributed by atoms with Gasteiger partial charge in [-0.05, 0) is 37.8 Å². The summed E-state index contributed by atoms with van der Waals surface area (Å²) < 4.78 is 22.4. The summed E-state index contributed by atoms with van der Waals surface area (Å²) in [6.45, 7) is 3.45. The second kappa shape index (κ2) is 11.7. The quantitative estimate of drug-likeness (QED) is 0.375. The molecular weight excluding hydrogens is 438 g/mol. The van der Waals surface area contributed by atoms with E-state index in [1.807, 2.05) is 31.2 Å². The minimum Gasteiger partial charge on any atom is -0.503 e. The number of hydrogen-bond acceptors (Lipinski definition) is 8. The molecule has 0 spiro atoms. The SMILES string of the molecule is COc1cccc(O[C@H](C2CCCC2)[C@H](C)OC(=O)[C@H](C)CC(=O)c2nccc(OC)c2O)c1. The number of ether oxygens (including phenoxy) is 4. The lowest BCUT2D eigenvalue weighted by Gasteiger charge is -2.30. The molecule has 0 bridgehead atoms. The van der Waals surface area contributed by atoms with Crippen molar-refractivity contribution in [3.8, 4) is 23.0 Å². The molecule has 1 N–H and O–H groups in total. The second-order valence-electron chi connectivity index (χ2n) is 8.69. The third kappa shape index (κ3) is 6.18. The lowest BCUT2D eigenvalue weighted by Crippen LogP contribution is -2.40. The van der Waals surface area contributed by atoms with Gasteiger partial charge in [-0.25, -0.2) is 4.98 Å². The van der Waals surface area contributed by atoms with Crippen LogP contribution < -0.4 is 14.2 Å². The van der Waals surface area contributed by atoms with E-state index in [9.17, 15) is 14.7 Å². The number of benzene rings is 1. The second-order valence-corrected chi connectivity index (χ2v) is 8.69. The molecule has 0 amide bonds. The molecule has 3 rings (SSSR count). The third-order valence-electron chi connectivity index (χ3n) is 6.21. The Morgan fingerprint density at radius 3 is 2.47 bits per heavy atom. The van der Waals surface area contributed by atoms with Crippen molar-refractivity contribution in [3.05, 3.63) is 42.2 Å². The fourth-order valence-electron chi connectivity index (χ4n) is 4.32. The largest absolute Gasteiger partial charge is 0.503 e. The number of esters is 1. The highest BCUT2D eigenvalue weighted by molar-refractivity contribution is 5.99. The Balaban J connectivity index is 1.66. The van der Waals surface area contributed by atoms with Crippen LogP contribution in [-0.4, -0.2) is 48.3 Å². The van der Waals surface area contributed by atoms with Crippen LogP contribution in [0.5, 0.6) is 23.0 Å². The monoisotopic (exact) mass is 471 g/mol.